The molecule has 0 spiro atoms. The van der Waals surface area contributed by atoms with Gasteiger partial charge in [-0.3, -0.25) is 9.71 Å². The van der Waals surface area contributed by atoms with E-state index < -0.39 is 10.0 Å². The van der Waals surface area contributed by atoms with Crippen LogP contribution < -0.4 is 34.3 Å². The minimum absolute atomic E-state index is 0. The van der Waals surface area contributed by atoms with Gasteiger partial charge in [-0.05, 0) is 31.0 Å². The summed E-state index contributed by atoms with van der Waals surface area (Å²) in [5.41, 5.74) is 0.623. The van der Waals surface area contributed by atoms with E-state index in [-0.39, 0.29) is 34.5 Å². The molecule has 1 aromatic heterocycles. The summed E-state index contributed by atoms with van der Waals surface area (Å²) < 4.78 is 26.2. The van der Waals surface area contributed by atoms with Crippen LogP contribution in [-0.4, -0.2) is 20.1 Å². The van der Waals surface area contributed by atoms with Crippen molar-refractivity contribution in [2.75, 3.05) is 4.72 Å². The average molecular weight is 290 g/mol. The van der Waals surface area contributed by atoms with Crippen LogP contribution in [0.25, 0.3) is 0 Å². The molecule has 8 heteroatoms. The van der Waals surface area contributed by atoms with E-state index in [2.05, 4.69) is 21.4 Å². The second kappa shape index (κ2) is 6.44. The zero-order valence-corrected chi connectivity index (χ0v) is 13.3. The fourth-order valence-corrected chi connectivity index (χ4v) is 2.97. The third-order valence-corrected chi connectivity index (χ3v) is 4.16. The van der Waals surface area contributed by atoms with Gasteiger partial charge in [-0.15, -0.1) is 11.3 Å². The van der Waals surface area contributed by atoms with Crippen molar-refractivity contribution in [3.63, 3.8) is 0 Å². The molecule has 1 N–H and O–H groups in total. The number of rotatable bonds is 4. The topological polar surface area (TPSA) is 71.4 Å². The number of aliphatic imine (C=N–C) groups is 1. The summed E-state index contributed by atoms with van der Waals surface area (Å²) in [5, 5.41) is 2.04. The van der Waals surface area contributed by atoms with E-state index in [0.29, 0.717) is 10.8 Å². The minimum Gasteiger partial charge on any atom is -0.265 e. The van der Waals surface area contributed by atoms with Crippen LogP contribution in [0.3, 0.4) is 0 Å². The van der Waals surface area contributed by atoms with Gasteiger partial charge >= 0.3 is 29.6 Å². The number of anilines is 1. The smallest absolute Gasteiger partial charge is 0.265 e. The van der Waals surface area contributed by atoms with Gasteiger partial charge in [0.1, 0.15) is 0 Å². The van der Waals surface area contributed by atoms with Crippen LogP contribution in [0.5, 0.6) is 0 Å². The van der Waals surface area contributed by atoms with Gasteiger partial charge in [0.25, 0.3) is 10.0 Å². The molecule has 2 aromatic rings. The Balaban J connectivity index is 0.00000162. The molecule has 0 atom stereocenters. The summed E-state index contributed by atoms with van der Waals surface area (Å²) in [7, 11) is -3.57. The van der Waals surface area contributed by atoms with Crippen LogP contribution in [0, 0.1) is 0 Å². The van der Waals surface area contributed by atoms with Crippen LogP contribution in [-0.2, 0) is 10.0 Å². The molecule has 0 bridgehead atoms. The number of hydrogen-bond acceptors (Lipinski definition) is 5. The van der Waals surface area contributed by atoms with Crippen molar-refractivity contribution in [1.29, 1.82) is 0 Å². The molecule has 0 saturated carbocycles. The maximum atomic E-state index is 11.9. The fourth-order valence-electron chi connectivity index (χ4n) is 1.18. The first-order valence-electron chi connectivity index (χ1n) is 4.61. The van der Waals surface area contributed by atoms with E-state index in [4.69, 9.17) is 0 Å². The molecule has 88 valence electrons. The van der Waals surface area contributed by atoms with Gasteiger partial charge in [0.2, 0.25) is 0 Å². The summed E-state index contributed by atoms with van der Waals surface area (Å²) in [4.78, 5) is 7.72. The SMILES string of the molecule is C=Nc1ccc(S(=O)(=O)Nc2nccs2)cc1.[Na+]. The summed E-state index contributed by atoms with van der Waals surface area (Å²) in [6.07, 6.45) is 1.53. The van der Waals surface area contributed by atoms with E-state index in [0.717, 1.165) is 0 Å². The zero-order valence-electron chi connectivity index (χ0n) is 9.70. The van der Waals surface area contributed by atoms with Crippen LogP contribution >= 0.6 is 11.3 Å². The van der Waals surface area contributed by atoms with Gasteiger partial charge < -0.3 is 0 Å². The summed E-state index contributed by atoms with van der Waals surface area (Å²) >= 11 is 1.22. The molecule has 0 amide bonds. The van der Waals surface area contributed by atoms with E-state index in [9.17, 15) is 8.42 Å². The molecular weight excluding hydrogens is 281 g/mol. The standard InChI is InChI=1S/C10H9N3O2S2.Na/c1-11-8-2-4-9(5-3-8)17(14,15)13-10-12-6-7-16-10;/h2-7H,1H2,(H,12,13);/q;+1. The summed E-state index contributed by atoms with van der Waals surface area (Å²) in [5.74, 6) is 0. The van der Waals surface area contributed by atoms with E-state index in [1.54, 1.807) is 17.5 Å². The predicted molar refractivity (Wildman–Crippen MR) is 68.6 cm³/mol. The molecule has 0 saturated heterocycles. The first-order chi connectivity index (χ1) is 8.12. The molecule has 18 heavy (non-hydrogen) atoms. The molecule has 1 heterocycles. The molecular formula is C10H9N3NaO2S2+. The van der Waals surface area contributed by atoms with Crippen molar-refractivity contribution in [3.8, 4) is 0 Å². The first-order valence-corrected chi connectivity index (χ1v) is 6.97. The minimum atomic E-state index is -3.57. The third kappa shape index (κ3) is 3.63. The number of thiazole rings is 1. The predicted octanol–water partition coefficient (Wildman–Crippen LogP) is -0.720. The van der Waals surface area contributed by atoms with Gasteiger partial charge in [0, 0.05) is 11.6 Å². The van der Waals surface area contributed by atoms with Gasteiger partial charge in [-0.25, -0.2) is 13.4 Å². The summed E-state index contributed by atoms with van der Waals surface area (Å²) in [6, 6.07) is 6.12. The number of nitrogens with one attached hydrogen (secondary N) is 1. The number of sulfonamides is 1. The van der Waals surface area contributed by atoms with E-state index in [1.165, 1.54) is 29.7 Å². The van der Waals surface area contributed by atoms with E-state index >= 15 is 0 Å². The summed E-state index contributed by atoms with van der Waals surface area (Å²) in [6.45, 7) is 3.36. The molecule has 0 unspecified atom stereocenters. The Labute approximate surface area is 131 Å². The second-order valence-electron chi connectivity index (χ2n) is 3.09. The largest absolute Gasteiger partial charge is 1.00 e. The van der Waals surface area contributed by atoms with Crippen LogP contribution in [0.1, 0.15) is 0 Å². The van der Waals surface area contributed by atoms with Crippen LogP contribution in [0.2, 0.25) is 0 Å². The Morgan fingerprint density at radius 2 is 1.94 bits per heavy atom. The third-order valence-electron chi connectivity index (χ3n) is 1.98. The van der Waals surface area contributed by atoms with Gasteiger partial charge in [-0.2, -0.15) is 0 Å². The molecule has 0 aliphatic rings. The van der Waals surface area contributed by atoms with Gasteiger partial charge in [0.15, 0.2) is 5.13 Å². The Kier molecular flexibility index (Phi) is 5.48. The number of aromatic nitrogens is 1. The van der Waals surface area contributed by atoms with Crippen molar-refractivity contribution in [2.45, 2.75) is 4.90 Å². The monoisotopic (exact) mass is 290 g/mol. The maximum absolute atomic E-state index is 11.9. The molecule has 0 fully saturated rings. The van der Waals surface area contributed by atoms with Crippen LogP contribution in [0.4, 0.5) is 10.8 Å². The van der Waals surface area contributed by atoms with Crippen molar-refractivity contribution in [2.24, 2.45) is 4.99 Å². The van der Waals surface area contributed by atoms with Crippen molar-refractivity contribution in [1.82, 2.24) is 4.98 Å². The molecule has 0 aliphatic heterocycles. The Hall–Kier alpha value is -0.730. The van der Waals surface area contributed by atoms with Gasteiger partial charge in [0.05, 0.1) is 10.6 Å². The fraction of sp³-hybridized carbons (Fsp3) is 0. The normalized spacial score (nSPS) is 10.4. The quantitative estimate of drug-likeness (QED) is 0.597. The van der Waals surface area contributed by atoms with Gasteiger partial charge in [-0.1, -0.05) is 0 Å². The Morgan fingerprint density at radius 3 is 2.44 bits per heavy atom. The number of hydrogen-bond donors (Lipinski definition) is 1. The zero-order chi connectivity index (χ0) is 12.3. The molecule has 2 rings (SSSR count). The Bertz CT molecular complexity index is 609. The van der Waals surface area contributed by atoms with Crippen LogP contribution in [0.15, 0.2) is 45.7 Å². The second-order valence-corrected chi connectivity index (χ2v) is 5.67. The first kappa shape index (κ1) is 15.3. The Morgan fingerprint density at radius 1 is 1.28 bits per heavy atom. The maximum Gasteiger partial charge on any atom is 1.00 e. The van der Waals surface area contributed by atoms with Crippen molar-refractivity contribution >= 4 is 38.9 Å². The van der Waals surface area contributed by atoms with E-state index in [1.807, 2.05) is 0 Å². The number of benzene rings is 1. The molecule has 0 aliphatic carbocycles. The molecule has 0 radical (unpaired) electrons. The molecule has 1 aromatic carbocycles. The number of nitrogens with zero attached hydrogens (tertiary/aromatic N) is 2. The van der Waals surface area contributed by atoms with Crippen molar-refractivity contribution < 1.29 is 38.0 Å². The molecule has 5 nitrogen and oxygen atoms in total. The average Bonchev–Trinajstić information content (AvgIpc) is 2.81. The van der Waals surface area contributed by atoms with Crippen molar-refractivity contribution in [3.05, 3.63) is 35.8 Å².